The number of hydrogen-bond donors (Lipinski definition) is 1. The highest BCUT2D eigenvalue weighted by Gasteiger charge is 2.27. The van der Waals surface area contributed by atoms with Gasteiger partial charge >= 0.3 is 0 Å². The summed E-state index contributed by atoms with van der Waals surface area (Å²) >= 11 is 0. The van der Waals surface area contributed by atoms with E-state index in [-0.39, 0.29) is 11.8 Å². The quantitative estimate of drug-likeness (QED) is 0.369. The monoisotopic (exact) mass is 395 g/mol. The lowest BCUT2D eigenvalue weighted by Crippen LogP contribution is -2.29. The molecule has 4 aromatic carbocycles. The van der Waals surface area contributed by atoms with Crippen molar-refractivity contribution in [1.29, 1.82) is 0 Å². The van der Waals surface area contributed by atoms with Gasteiger partial charge in [0.1, 0.15) is 0 Å². The summed E-state index contributed by atoms with van der Waals surface area (Å²) in [6.07, 6.45) is 0. The van der Waals surface area contributed by atoms with E-state index in [1.807, 2.05) is 0 Å². The van der Waals surface area contributed by atoms with E-state index in [4.69, 9.17) is 0 Å². The van der Waals surface area contributed by atoms with Crippen molar-refractivity contribution >= 4 is 18.5 Å². The van der Waals surface area contributed by atoms with Gasteiger partial charge in [0.15, 0.2) is 0 Å². The summed E-state index contributed by atoms with van der Waals surface area (Å²) in [5.41, 5.74) is 2.64. The number of nitrogens with one attached hydrogen (secondary N) is 1. The normalized spacial score (nSPS) is 13.2. The Morgan fingerprint density at radius 2 is 0.897 bits per heavy atom. The molecule has 144 valence electrons. The van der Waals surface area contributed by atoms with Crippen LogP contribution in [0.3, 0.4) is 0 Å². The van der Waals surface area contributed by atoms with Crippen molar-refractivity contribution in [2.75, 3.05) is 0 Å². The Hall–Kier alpha value is -2.73. The van der Waals surface area contributed by atoms with E-state index in [0.29, 0.717) is 0 Å². The smallest absolute Gasteiger partial charge is 0.0610 e. The van der Waals surface area contributed by atoms with Gasteiger partial charge in [-0.3, -0.25) is 5.32 Å². The minimum Gasteiger partial charge on any atom is -0.299 e. The first-order valence-corrected chi connectivity index (χ1v) is 11.5. The van der Waals surface area contributed by atoms with Crippen LogP contribution in [0.15, 0.2) is 121 Å². The van der Waals surface area contributed by atoms with Crippen molar-refractivity contribution in [2.45, 2.75) is 18.7 Å². The Kier molecular flexibility index (Phi) is 6.52. The van der Waals surface area contributed by atoms with Gasteiger partial charge in [0, 0.05) is 6.04 Å². The lowest BCUT2D eigenvalue weighted by Gasteiger charge is -2.32. The van der Waals surface area contributed by atoms with Gasteiger partial charge in [-0.05, 0) is 36.6 Å². The largest absolute Gasteiger partial charge is 0.299 e. The summed E-state index contributed by atoms with van der Waals surface area (Å²) in [5, 5.41) is 6.74. The standard InChI is InChI=1S/C27H26NP/c1-22(23-14-6-2-7-15-23)28-27(24-16-8-3-9-17-24)29(25-18-10-4-11-19-25)26-20-12-5-13-21-26/h2-22,27-28H,1H3. The third kappa shape index (κ3) is 4.82. The lowest BCUT2D eigenvalue weighted by molar-refractivity contribution is 0.561. The van der Waals surface area contributed by atoms with Gasteiger partial charge in [-0.25, -0.2) is 0 Å². The maximum Gasteiger partial charge on any atom is 0.0610 e. The molecule has 0 heterocycles. The number of rotatable bonds is 7. The zero-order chi connectivity index (χ0) is 19.9. The van der Waals surface area contributed by atoms with Gasteiger partial charge in [-0.2, -0.15) is 0 Å². The summed E-state index contributed by atoms with van der Waals surface area (Å²) in [6, 6.07) is 43.7. The molecule has 0 saturated heterocycles. The van der Waals surface area contributed by atoms with Crippen LogP contribution < -0.4 is 15.9 Å². The van der Waals surface area contributed by atoms with Crippen LogP contribution in [-0.2, 0) is 0 Å². The number of hydrogen-bond acceptors (Lipinski definition) is 1. The van der Waals surface area contributed by atoms with Crippen LogP contribution in [0.2, 0.25) is 0 Å². The second-order valence-electron chi connectivity index (χ2n) is 7.15. The van der Waals surface area contributed by atoms with Crippen molar-refractivity contribution in [3.63, 3.8) is 0 Å². The highest BCUT2D eigenvalue weighted by atomic mass is 31.1. The van der Waals surface area contributed by atoms with Crippen LogP contribution in [-0.4, -0.2) is 0 Å². The van der Waals surface area contributed by atoms with Crippen LogP contribution in [0, 0.1) is 0 Å². The average Bonchev–Trinajstić information content (AvgIpc) is 2.81. The third-order valence-corrected chi connectivity index (χ3v) is 7.82. The fourth-order valence-corrected chi connectivity index (χ4v) is 6.38. The van der Waals surface area contributed by atoms with Crippen LogP contribution in [0.25, 0.3) is 0 Å². The molecule has 0 bridgehead atoms. The second-order valence-corrected chi connectivity index (χ2v) is 9.44. The minimum absolute atomic E-state index is 0.214. The first-order chi connectivity index (χ1) is 14.3. The Balaban J connectivity index is 1.79. The van der Waals surface area contributed by atoms with E-state index < -0.39 is 7.92 Å². The van der Waals surface area contributed by atoms with E-state index in [1.54, 1.807) is 0 Å². The first-order valence-electron chi connectivity index (χ1n) is 10.1. The molecule has 29 heavy (non-hydrogen) atoms. The SMILES string of the molecule is CC(NC(c1ccccc1)P(c1ccccc1)c1ccccc1)c1ccccc1. The molecular weight excluding hydrogens is 369 g/mol. The van der Waals surface area contributed by atoms with Gasteiger partial charge < -0.3 is 0 Å². The lowest BCUT2D eigenvalue weighted by atomic mass is 10.1. The minimum atomic E-state index is -0.625. The predicted octanol–water partition coefficient (Wildman–Crippen LogP) is 6.17. The van der Waals surface area contributed by atoms with E-state index in [0.717, 1.165) is 0 Å². The molecule has 0 amide bonds. The molecule has 0 spiro atoms. The van der Waals surface area contributed by atoms with Crippen LogP contribution >= 0.6 is 7.92 Å². The van der Waals surface area contributed by atoms with E-state index in [9.17, 15) is 0 Å². The highest BCUT2D eigenvalue weighted by molar-refractivity contribution is 7.73. The maximum atomic E-state index is 3.98. The Morgan fingerprint density at radius 3 is 1.34 bits per heavy atom. The van der Waals surface area contributed by atoms with Crippen molar-refractivity contribution in [3.8, 4) is 0 Å². The van der Waals surface area contributed by atoms with Crippen LogP contribution in [0.4, 0.5) is 0 Å². The fourth-order valence-electron chi connectivity index (χ4n) is 3.65. The molecule has 4 aromatic rings. The zero-order valence-corrected chi connectivity index (χ0v) is 17.5. The summed E-state index contributed by atoms with van der Waals surface area (Å²) in [6.45, 7) is 2.26. The van der Waals surface area contributed by atoms with Gasteiger partial charge in [0.05, 0.1) is 5.78 Å². The Morgan fingerprint density at radius 1 is 0.517 bits per heavy atom. The van der Waals surface area contributed by atoms with Gasteiger partial charge in [0.25, 0.3) is 0 Å². The average molecular weight is 395 g/mol. The Bertz CT molecular complexity index is 948. The van der Waals surface area contributed by atoms with Gasteiger partial charge in [-0.15, -0.1) is 0 Å². The molecule has 0 fully saturated rings. The van der Waals surface area contributed by atoms with Gasteiger partial charge in [0.2, 0.25) is 0 Å². The highest BCUT2D eigenvalue weighted by Crippen LogP contribution is 2.48. The van der Waals surface area contributed by atoms with Crippen LogP contribution in [0.5, 0.6) is 0 Å². The summed E-state index contributed by atoms with van der Waals surface area (Å²) in [4.78, 5) is 0. The molecular formula is C27H26NP. The summed E-state index contributed by atoms with van der Waals surface area (Å²) in [5.74, 6) is 0.214. The zero-order valence-electron chi connectivity index (χ0n) is 16.6. The first kappa shape index (κ1) is 19.6. The molecule has 0 saturated carbocycles. The van der Waals surface area contributed by atoms with Gasteiger partial charge in [-0.1, -0.05) is 121 Å². The Labute approximate surface area is 175 Å². The topological polar surface area (TPSA) is 12.0 Å². The molecule has 1 N–H and O–H groups in total. The van der Waals surface area contributed by atoms with Crippen molar-refractivity contribution < 1.29 is 0 Å². The molecule has 2 heteroatoms. The predicted molar refractivity (Wildman–Crippen MR) is 126 cm³/mol. The molecule has 0 aliphatic heterocycles. The van der Waals surface area contributed by atoms with E-state index in [2.05, 4.69) is 134 Å². The fraction of sp³-hybridized carbons (Fsp3) is 0.111. The molecule has 0 radical (unpaired) electrons. The van der Waals surface area contributed by atoms with Crippen LogP contribution in [0.1, 0.15) is 29.9 Å². The molecule has 1 nitrogen and oxygen atoms in total. The summed E-state index contributed by atoms with van der Waals surface area (Å²) in [7, 11) is -0.625. The van der Waals surface area contributed by atoms with Crippen molar-refractivity contribution in [3.05, 3.63) is 132 Å². The molecule has 2 atom stereocenters. The molecule has 0 aromatic heterocycles. The van der Waals surface area contributed by atoms with Crippen molar-refractivity contribution in [1.82, 2.24) is 5.32 Å². The second kappa shape index (κ2) is 9.65. The van der Waals surface area contributed by atoms with E-state index in [1.165, 1.54) is 21.7 Å². The molecule has 2 unspecified atom stereocenters. The third-order valence-electron chi connectivity index (χ3n) is 5.15. The molecule has 0 aliphatic carbocycles. The molecule has 4 rings (SSSR count). The number of benzene rings is 4. The summed E-state index contributed by atoms with van der Waals surface area (Å²) < 4.78 is 0. The molecule has 0 aliphatic rings. The maximum absolute atomic E-state index is 3.98. The van der Waals surface area contributed by atoms with Crippen molar-refractivity contribution in [2.24, 2.45) is 0 Å². The van der Waals surface area contributed by atoms with E-state index >= 15 is 0 Å².